The molecule has 1 aliphatic heterocycles. The Hall–Kier alpha value is -3.83. The predicted octanol–water partition coefficient (Wildman–Crippen LogP) is 4.54. The van der Waals surface area contributed by atoms with Gasteiger partial charge in [0.05, 0.1) is 17.1 Å². The van der Waals surface area contributed by atoms with Gasteiger partial charge in [-0.15, -0.1) is 0 Å². The molecule has 1 atom stereocenters. The Morgan fingerprint density at radius 2 is 1.82 bits per heavy atom. The standard InChI is InChI=1S/C21H21N5O.C5H10O2/c22-13-19-20(23)21(15-5-4-12-24-14-15)25-26(19)16-8-10-18(11-9-16)27-17-6-2-1-3-7-17;1-5(2,3)7-4-6/h1-3,6-11,15,24H,4-5,12,14,23H2;4H,1-3H3. The van der Waals surface area contributed by atoms with E-state index >= 15 is 0 Å². The SMILES string of the molecule is CC(C)(C)OC=O.N#Cc1c(N)c(C2CCCNC2)nn1-c1ccc(Oc2ccccc2)cc1. The Morgan fingerprint density at radius 3 is 2.35 bits per heavy atom. The van der Waals surface area contributed by atoms with Crippen LogP contribution < -0.4 is 15.8 Å². The largest absolute Gasteiger partial charge is 0.462 e. The third kappa shape index (κ3) is 6.59. The van der Waals surface area contributed by atoms with Crippen LogP contribution in [0.25, 0.3) is 5.69 Å². The van der Waals surface area contributed by atoms with Crippen molar-refractivity contribution in [2.24, 2.45) is 0 Å². The zero-order chi connectivity index (χ0) is 24.6. The van der Waals surface area contributed by atoms with Gasteiger partial charge < -0.3 is 20.5 Å². The second-order valence-corrected chi connectivity index (χ2v) is 8.95. The highest BCUT2D eigenvalue weighted by Gasteiger charge is 2.25. The minimum Gasteiger partial charge on any atom is -0.462 e. The molecule has 2 aromatic carbocycles. The van der Waals surface area contributed by atoms with Gasteiger partial charge in [-0.25, -0.2) is 4.68 Å². The van der Waals surface area contributed by atoms with Crippen molar-refractivity contribution in [1.82, 2.24) is 15.1 Å². The molecule has 4 rings (SSSR count). The molecule has 0 spiro atoms. The normalized spacial score (nSPS) is 15.4. The van der Waals surface area contributed by atoms with Gasteiger partial charge in [-0.05, 0) is 76.6 Å². The molecule has 2 heterocycles. The van der Waals surface area contributed by atoms with Crippen LogP contribution in [0.1, 0.15) is 50.9 Å². The van der Waals surface area contributed by atoms with E-state index in [1.54, 1.807) is 4.68 Å². The van der Waals surface area contributed by atoms with Crippen molar-refractivity contribution in [3.8, 4) is 23.3 Å². The number of aromatic nitrogens is 2. The first-order chi connectivity index (χ1) is 16.3. The monoisotopic (exact) mass is 461 g/mol. The number of nitriles is 1. The van der Waals surface area contributed by atoms with E-state index in [2.05, 4.69) is 21.2 Å². The Morgan fingerprint density at radius 1 is 1.15 bits per heavy atom. The molecule has 1 aromatic heterocycles. The fourth-order valence-electron chi connectivity index (χ4n) is 3.55. The molecular weight excluding hydrogens is 430 g/mol. The maximum atomic E-state index is 9.60. The van der Waals surface area contributed by atoms with Crippen molar-refractivity contribution < 1.29 is 14.3 Å². The van der Waals surface area contributed by atoms with E-state index in [1.165, 1.54) is 0 Å². The maximum absolute atomic E-state index is 9.60. The quantitative estimate of drug-likeness (QED) is 0.536. The number of carbonyl (C=O) groups is 1. The summed E-state index contributed by atoms with van der Waals surface area (Å²) < 4.78 is 12.0. The van der Waals surface area contributed by atoms with E-state index in [0.29, 0.717) is 17.9 Å². The van der Waals surface area contributed by atoms with Crippen LogP contribution in [0.5, 0.6) is 11.5 Å². The van der Waals surface area contributed by atoms with Gasteiger partial charge in [0.25, 0.3) is 6.47 Å². The summed E-state index contributed by atoms with van der Waals surface area (Å²) in [6, 6.07) is 19.3. The van der Waals surface area contributed by atoms with Crippen LogP contribution in [0.3, 0.4) is 0 Å². The maximum Gasteiger partial charge on any atom is 0.293 e. The van der Waals surface area contributed by atoms with Crippen molar-refractivity contribution in [3.05, 3.63) is 66.0 Å². The van der Waals surface area contributed by atoms with Gasteiger partial charge in [0.2, 0.25) is 0 Å². The average Bonchev–Trinajstić information content (AvgIpc) is 3.16. The zero-order valence-corrected chi connectivity index (χ0v) is 19.8. The van der Waals surface area contributed by atoms with Crippen LogP contribution in [-0.2, 0) is 9.53 Å². The van der Waals surface area contributed by atoms with Crippen molar-refractivity contribution in [2.75, 3.05) is 18.8 Å². The number of nitrogen functional groups attached to an aromatic ring is 1. The molecule has 0 amide bonds. The average molecular weight is 462 g/mol. The number of nitrogens with zero attached hydrogens (tertiary/aromatic N) is 3. The minimum absolute atomic E-state index is 0.243. The number of piperidine rings is 1. The summed E-state index contributed by atoms with van der Waals surface area (Å²) in [7, 11) is 0. The molecule has 1 unspecified atom stereocenters. The first-order valence-electron chi connectivity index (χ1n) is 11.3. The predicted molar refractivity (Wildman–Crippen MR) is 131 cm³/mol. The molecule has 1 fully saturated rings. The summed E-state index contributed by atoms with van der Waals surface area (Å²) in [5, 5.41) is 17.6. The topological polar surface area (TPSA) is 115 Å². The highest BCUT2D eigenvalue weighted by molar-refractivity contribution is 5.58. The second kappa shape index (κ2) is 11.3. The molecule has 8 nitrogen and oxygen atoms in total. The highest BCUT2D eigenvalue weighted by Crippen LogP contribution is 2.31. The Labute approximate surface area is 200 Å². The summed E-state index contributed by atoms with van der Waals surface area (Å²) in [5.41, 5.74) is 8.40. The molecule has 178 valence electrons. The van der Waals surface area contributed by atoms with Crippen LogP contribution in [0.2, 0.25) is 0 Å². The number of anilines is 1. The van der Waals surface area contributed by atoms with Crippen LogP contribution in [0, 0.1) is 11.3 Å². The smallest absolute Gasteiger partial charge is 0.293 e. The van der Waals surface area contributed by atoms with E-state index in [0.717, 1.165) is 48.8 Å². The number of hydrogen-bond donors (Lipinski definition) is 2. The van der Waals surface area contributed by atoms with Crippen molar-refractivity contribution in [2.45, 2.75) is 45.1 Å². The Bertz CT molecular complexity index is 1110. The molecule has 1 aliphatic rings. The van der Waals surface area contributed by atoms with Gasteiger partial charge in [0.1, 0.15) is 23.2 Å². The molecule has 8 heteroatoms. The first kappa shape index (κ1) is 24.8. The van der Waals surface area contributed by atoms with Crippen molar-refractivity contribution in [3.63, 3.8) is 0 Å². The van der Waals surface area contributed by atoms with E-state index < -0.39 is 0 Å². The van der Waals surface area contributed by atoms with E-state index in [4.69, 9.17) is 10.5 Å². The van der Waals surface area contributed by atoms with Gasteiger partial charge in [-0.1, -0.05) is 18.2 Å². The van der Waals surface area contributed by atoms with E-state index in [9.17, 15) is 10.1 Å². The molecule has 3 N–H and O–H groups in total. The molecule has 0 aliphatic carbocycles. The fourth-order valence-corrected chi connectivity index (χ4v) is 3.55. The third-order valence-corrected chi connectivity index (χ3v) is 5.20. The van der Waals surface area contributed by atoms with Crippen LogP contribution in [-0.4, -0.2) is 34.9 Å². The van der Waals surface area contributed by atoms with Gasteiger partial charge >= 0.3 is 0 Å². The zero-order valence-electron chi connectivity index (χ0n) is 19.8. The number of rotatable bonds is 5. The minimum atomic E-state index is -0.318. The van der Waals surface area contributed by atoms with E-state index in [-0.39, 0.29) is 11.5 Å². The lowest BCUT2D eigenvalue weighted by atomic mass is 9.95. The molecule has 0 radical (unpaired) electrons. The Kier molecular flexibility index (Phi) is 8.28. The van der Waals surface area contributed by atoms with Crippen LogP contribution >= 0.6 is 0 Å². The molecule has 34 heavy (non-hydrogen) atoms. The number of benzene rings is 2. The summed E-state index contributed by atoms with van der Waals surface area (Å²) in [5.74, 6) is 1.74. The highest BCUT2D eigenvalue weighted by atomic mass is 16.5. The number of nitrogens with two attached hydrogens (primary N) is 1. The third-order valence-electron chi connectivity index (χ3n) is 5.20. The summed E-state index contributed by atoms with van der Waals surface area (Å²) in [4.78, 5) is 9.60. The van der Waals surface area contributed by atoms with Gasteiger partial charge in [0.15, 0.2) is 5.69 Å². The lowest BCUT2D eigenvalue weighted by molar-refractivity contribution is -0.138. The van der Waals surface area contributed by atoms with Crippen LogP contribution in [0.4, 0.5) is 5.69 Å². The van der Waals surface area contributed by atoms with E-state index in [1.807, 2.05) is 75.4 Å². The number of hydrogen-bond acceptors (Lipinski definition) is 7. The van der Waals surface area contributed by atoms with Gasteiger partial charge in [0, 0.05) is 12.5 Å². The first-order valence-corrected chi connectivity index (χ1v) is 11.3. The lowest BCUT2D eigenvalue weighted by Crippen LogP contribution is -2.29. The fraction of sp³-hybridized carbons (Fsp3) is 0.346. The van der Waals surface area contributed by atoms with Crippen molar-refractivity contribution >= 4 is 12.2 Å². The number of ether oxygens (including phenoxy) is 2. The second-order valence-electron chi connectivity index (χ2n) is 8.95. The van der Waals surface area contributed by atoms with Gasteiger partial charge in [-0.3, -0.25) is 4.79 Å². The summed E-state index contributed by atoms with van der Waals surface area (Å²) >= 11 is 0. The van der Waals surface area contributed by atoms with Crippen molar-refractivity contribution in [1.29, 1.82) is 5.26 Å². The molecule has 0 bridgehead atoms. The molecule has 0 saturated carbocycles. The molecule has 1 saturated heterocycles. The summed E-state index contributed by atoms with van der Waals surface area (Å²) in [6.45, 7) is 7.78. The van der Waals surface area contributed by atoms with Gasteiger partial charge in [-0.2, -0.15) is 10.4 Å². The van der Waals surface area contributed by atoms with Crippen LogP contribution in [0.15, 0.2) is 54.6 Å². The number of carbonyl (C=O) groups excluding carboxylic acids is 1. The Balaban J connectivity index is 0.000000406. The number of para-hydroxylation sites is 1. The number of nitrogens with one attached hydrogen (secondary N) is 1. The molecular formula is C26H31N5O3. The molecule has 3 aromatic rings. The summed E-state index contributed by atoms with van der Waals surface area (Å²) in [6.07, 6.45) is 2.12. The lowest BCUT2D eigenvalue weighted by Gasteiger charge is -2.21.